The number of benzene rings is 1. The van der Waals surface area contributed by atoms with Crippen LogP contribution in [0.25, 0.3) is 0 Å². The summed E-state index contributed by atoms with van der Waals surface area (Å²) in [4.78, 5) is 12.4. The lowest BCUT2D eigenvalue weighted by molar-refractivity contribution is 0.102. The number of Topliss-reactive ketones (excluding diaryl/α,β-unsaturated/α-hetero) is 1. The molecular weight excluding hydrogens is 384 g/mol. The molecule has 1 unspecified atom stereocenters. The first-order valence-corrected chi connectivity index (χ1v) is 11.7. The lowest BCUT2D eigenvalue weighted by Crippen LogP contribution is -2.11. The van der Waals surface area contributed by atoms with Crippen LogP contribution in [-0.4, -0.2) is 41.7 Å². The lowest BCUT2D eigenvalue weighted by Gasteiger charge is -2.18. The molecule has 1 saturated heterocycles. The Kier molecular flexibility index (Phi) is 5.76. The van der Waals surface area contributed by atoms with Crippen LogP contribution < -0.4 is 0 Å². The maximum absolute atomic E-state index is 12.4. The average molecular weight is 409 g/mol. The van der Waals surface area contributed by atoms with Crippen molar-refractivity contribution in [3.05, 3.63) is 41.3 Å². The van der Waals surface area contributed by atoms with Gasteiger partial charge in [0, 0.05) is 12.0 Å². The van der Waals surface area contributed by atoms with Crippen molar-refractivity contribution in [1.29, 1.82) is 0 Å². The van der Waals surface area contributed by atoms with Gasteiger partial charge in [-0.3, -0.25) is 4.79 Å². The number of nitrogens with zero attached hydrogens (tertiary/aromatic N) is 2. The van der Waals surface area contributed by atoms with Crippen LogP contribution in [0, 0.1) is 5.92 Å². The van der Waals surface area contributed by atoms with Crippen LogP contribution in [0.1, 0.15) is 49.0 Å². The second-order valence-electron chi connectivity index (χ2n) is 7.97. The van der Waals surface area contributed by atoms with Gasteiger partial charge < -0.3 is 4.42 Å². The number of carbonyl (C=O) groups excluding carboxylic acids is 1. The zero-order valence-corrected chi connectivity index (χ0v) is 17.4. The number of ketones is 1. The van der Waals surface area contributed by atoms with Crippen molar-refractivity contribution in [2.24, 2.45) is 5.92 Å². The van der Waals surface area contributed by atoms with Crippen molar-refractivity contribution in [3.63, 3.8) is 0 Å². The fourth-order valence-electron chi connectivity index (χ4n) is 3.03. The number of thioether (sulfide) groups is 1. The Morgan fingerprint density at radius 3 is 2.52 bits per heavy atom. The van der Waals surface area contributed by atoms with Crippen LogP contribution in [0.4, 0.5) is 0 Å². The molecule has 1 atom stereocenters. The fraction of sp³-hybridized carbons (Fsp3) is 0.526. The third-order valence-electron chi connectivity index (χ3n) is 4.64. The van der Waals surface area contributed by atoms with E-state index < -0.39 is 9.84 Å². The van der Waals surface area contributed by atoms with Crippen molar-refractivity contribution >= 4 is 27.4 Å². The molecule has 0 radical (unpaired) electrons. The highest BCUT2D eigenvalue weighted by molar-refractivity contribution is 7.99. The highest BCUT2D eigenvalue weighted by Gasteiger charge is 2.29. The third kappa shape index (κ3) is 5.42. The van der Waals surface area contributed by atoms with Gasteiger partial charge in [-0.1, -0.05) is 56.8 Å². The maximum atomic E-state index is 12.4. The van der Waals surface area contributed by atoms with Crippen molar-refractivity contribution in [2.75, 3.05) is 17.3 Å². The van der Waals surface area contributed by atoms with E-state index in [2.05, 4.69) is 31.0 Å². The fourth-order valence-corrected chi connectivity index (χ4v) is 5.56. The maximum Gasteiger partial charge on any atom is 0.277 e. The van der Waals surface area contributed by atoms with Gasteiger partial charge >= 0.3 is 0 Å². The molecular formula is C19H24N2O4S2. The van der Waals surface area contributed by atoms with E-state index in [1.807, 2.05) is 24.3 Å². The topological polar surface area (TPSA) is 90.1 Å². The lowest BCUT2D eigenvalue weighted by atomic mass is 9.86. The first-order chi connectivity index (χ1) is 12.6. The minimum absolute atomic E-state index is 0.00194. The molecule has 146 valence electrons. The molecule has 0 N–H and O–H groups in total. The zero-order valence-electron chi connectivity index (χ0n) is 15.8. The largest absolute Gasteiger partial charge is 0.416 e. The summed E-state index contributed by atoms with van der Waals surface area (Å²) in [5.41, 5.74) is 1.89. The van der Waals surface area contributed by atoms with E-state index in [0.29, 0.717) is 29.5 Å². The minimum atomic E-state index is -2.91. The normalized spacial score (nSPS) is 19.3. The molecule has 27 heavy (non-hydrogen) atoms. The molecule has 1 aromatic carbocycles. The van der Waals surface area contributed by atoms with E-state index >= 15 is 0 Å². The van der Waals surface area contributed by atoms with Crippen LogP contribution in [0.15, 0.2) is 33.9 Å². The van der Waals surface area contributed by atoms with E-state index in [1.54, 1.807) is 0 Å². The number of aromatic nitrogens is 2. The van der Waals surface area contributed by atoms with Gasteiger partial charge in [-0.25, -0.2) is 8.42 Å². The molecule has 3 rings (SSSR count). The van der Waals surface area contributed by atoms with Crippen molar-refractivity contribution in [3.8, 4) is 0 Å². The van der Waals surface area contributed by atoms with E-state index in [4.69, 9.17) is 4.42 Å². The highest BCUT2D eigenvalue weighted by atomic mass is 32.2. The van der Waals surface area contributed by atoms with Gasteiger partial charge in [0.25, 0.3) is 5.22 Å². The van der Waals surface area contributed by atoms with E-state index in [9.17, 15) is 13.2 Å². The predicted octanol–water partition coefficient (Wildman–Crippen LogP) is 3.32. The Balaban J connectivity index is 1.53. The summed E-state index contributed by atoms with van der Waals surface area (Å²) >= 11 is 1.20. The molecule has 1 aliphatic heterocycles. The molecule has 2 aromatic rings. The Bertz CT molecular complexity index is 912. The summed E-state index contributed by atoms with van der Waals surface area (Å²) in [7, 11) is -2.91. The zero-order chi connectivity index (χ0) is 19.7. The van der Waals surface area contributed by atoms with Gasteiger partial charge in [-0.15, -0.1) is 10.2 Å². The summed E-state index contributed by atoms with van der Waals surface area (Å²) in [5, 5.41) is 8.26. The van der Waals surface area contributed by atoms with E-state index in [-0.39, 0.29) is 34.4 Å². The van der Waals surface area contributed by atoms with Crippen LogP contribution in [0.3, 0.4) is 0 Å². The van der Waals surface area contributed by atoms with Gasteiger partial charge in [0.1, 0.15) is 0 Å². The van der Waals surface area contributed by atoms with Crippen LogP contribution in [0.2, 0.25) is 0 Å². The summed E-state index contributed by atoms with van der Waals surface area (Å²) in [5.74, 6) is 1.10. The Morgan fingerprint density at radius 1 is 1.22 bits per heavy atom. The summed E-state index contributed by atoms with van der Waals surface area (Å²) in [6, 6.07) is 7.67. The van der Waals surface area contributed by atoms with Gasteiger partial charge in [0.2, 0.25) is 5.89 Å². The van der Waals surface area contributed by atoms with Crippen LogP contribution in [0.5, 0.6) is 0 Å². The second-order valence-corrected chi connectivity index (χ2v) is 11.1. The van der Waals surface area contributed by atoms with Gasteiger partial charge in [0.15, 0.2) is 15.6 Å². The molecule has 1 aliphatic rings. The van der Waals surface area contributed by atoms with E-state index in [0.717, 1.165) is 0 Å². The standard InChI is InChI=1S/C19H24N2O4S2/c1-19(2,3)15-6-4-14(5-7-15)16(22)11-26-18-21-20-17(25-18)10-13-8-9-27(23,24)12-13/h4-7,13H,8-12H2,1-3H3. The summed E-state index contributed by atoms with van der Waals surface area (Å²) in [6.07, 6.45) is 1.10. The first kappa shape index (κ1) is 20.1. The number of hydrogen-bond donors (Lipinski definition) is 0. The van der Waals surface area contributed by atoms with Crippen LogP contribution >= 0.6 is 11.8 Å². The van der Waals surface area contributed by atoms with Gasteiger partial charge in [-0.05, 0) is 23.3 Å². The molecule has 2 heterocycles. The summed E-state index contributed by atoms with van der Waals surface area (Å²) in [6.45, 7) is 6.40. The first-order valence-electron chi connectivity index (χ1n) is 8.92. The molecule has 6 nitrogen and oxygen atoms in total. The smallest absolute Gasteiger partial charge is 0.277 e. The number of rotatable bonds is 6. The molecule has 0 bridgehead atoms. The molecule has 8 heteroatoms. The number of carbonyl (C=O) groups is 1. The monoisotopic (exact) mass is 408 g/mol. The SMILES string of the molecule is CC(C)(C)c1ccc(C(=O)CSc2nnc(CC3CCS(=O)(=O)C3)o2)cc1. The van der Waals surface area contributed by atoms with Crippen molar-refractivity contribution in [1.82, 2.24) is 10.2 Å². The highest BCUT2D eigenvalue weighted by Crippen LogP contribution is 2.25. The molecule has 0 spiro atoms. The average Bonchev–Trinajstić information content (AvgIpc) is 3.18. The Morgan fingerprint density at radius 2 is 1.93 bits per heavy atom. The van der Waals surface area contributed by atoms with Gasteiger partial charge in [-0.2, -0.15) is 0 Å². The summed E-state index contributed by atoms with van der Waals surface area (Å²) < 4.78 is 28.6. The van der Waals surface area contributed by atoms with E-state index in [1.165, 1.54) is 17.3 Å². The second kappa shape index (κ2) is 7.75. The molecule has 0 aliphatic carbocycles. The third-order valence-corrected chi connectivity index (χ3v) is 7.29. The van der Waals surface area contributed by atoms with Crippen molar-refractivity contribution < 1.29 is 17.6 Å². The predicted molar refractivity (Wildman–Crippen MR) is 105 cm³/mol. The van der Waals surface area contributed by atoms with Gasteiger partial charge in [0.05, 0.1) is 17.3 Å². The Labute approximate surface area is 164 Å². The molecule has 1 fully saturated rings. The molecule has 1 aromatic heterocycles. The van der Waals surface area contributed by atoms with Crippen LogP contribution in [-0.2, 0) is 21.7 Å². The number of hydrogen-bond acceptors (Lipinski definition) is 7. The molecule has 0 amide bonds. The quantitative estimate of drug-likeness (QED) is 0.535. The minimum Gasteiger partial charge on any atom is -0.416 e. The molecule has 0 saturated carbocycles. The van der Waals surface area contributed by atoms with Crippen molar-refractivity contribution in [2.45, 2.75) is 44.3 Å². The Hall–Kier alpha value is -1.67. The number of sulfone groups is 1.